The van der Waals surface area contributed by atoms with Crippen LogP contribution in [0, 0.1) is 13.8 Å². The molecule has 0 radical (unpaired) electrons. The largest absolute Gasteiger partial charge is 0.363 e. The maximum absolute atomic E-state index is 4.66. The van der Waals surface area contributed by atoms with Gasteiger partial charge in [0.05, 0.1) is 5.69 Å². The molecule has 4 aromatic rings. The fraction of sp³-hybridized carbons (Fsp3) is 0.182. The molecule has 3 nitrogen and oxygen atoms in total. The minimum atomic E-state index is 0.145. The van der Waals surface area contributed by atoms with Crippen molar-refractivity contribution in [3.05, 3.63) is 75.3 Å². The van der Waals surface area contributed by atoms with Crippen molar-refractivity contribution in [1.29, 1.82) is 0 Å². The number of fused-ring (bicyclic) bond motifs is 1. The number of halogens is 1. The zero-order valence-electron chi connectivity index (χ0n) is 15.5. The van der Waals surface area contributed by atoms with Crippen LogP contribution in [0.25, 0.3) is 21.3 Å². The Kier molecular flexibility index (Phi) is 4.98. The molecule has 4 rings (SSSR count). The highest BCUT2D eigenvalue weighted by Gasteiger charge is 2.11. The van der Waals surface area contributed by atoms with Gasteiger partial charge in [0.15, 0.2) is 0 Å². The highest BCUT2D eigenvalue weighted by molar-refractivity contribution is 9.10. The normalized spacial score (nSPS) is 12.3. The van der Waals surface area contributed by atoms with E-state index < -0.39 is 0 Å². The number of hydrogen-bond acceptors (Lipinski definition) is 4. The highest BCUT2D eigenvalue weighted by Crippen LogP contribution is 2.31. The summed E-state index contributed by atoms with van der Waals surface area (Å²) in [5.74, 6) is 1.60. The van der Waals surface area contributed by atoms with E-state index in [2.05, 4.69) is 80.8 Å². The molecule has 2 aromatic heterocycles. The fourth-order valence-corrected chi connectivity index (χ4v) is 4.53. The van der Waals surface area contributed by atoms with E-state index >= 15 is 0 Å². The number of benzene rings is 2. The molecule has 0 bridgehead atoms. The highest BCUT2D eigenvalue weighted by atomic mass is 79.9. The van der Waals surface area contributed by atoms with E-state index in [0.717, 1.165) is 27.4 Å². The van der Waals surface area contributed by atoms with Gasteiger partial charge in [0.2, 0.25) is 0 Å². The first-order valence-electron chi connectivity index (χ1n) is 8.85. The number of nitrogens with one attached hydrogen (secondary N) is 1. The van der Waals surface area contributed by atoms with E-state index in [0.29, 0.717) is 0 Å². The lowest BCUT2D eigenvalue weighted by molar-refractivity contribution is 0.867. The number of aromatic nitrogens is 2. The van der Waals surface area contributed by atoms with E-state index in [1.807, 2.05) is 25.1 Å². The summed E-state index contributed by atoms with van der Waals surface area (Å²) in [6, 6.07) is 17.0. The molecular weight excluding hydrogens is 418 g/mol. The SMILES string of the molecule is Cc1nc(N[C@@H](C)c2cccc(Br)c2)cc(-c2ccc3scc(C)c3c2)n1. The van der Waals surface area contributed by atoms with Crippen molar-refractivity contribution in [3.63, 3.8) is 0 Å². The van der Waals surface area contributed by atoms with Gasteiger partial charge in [-0.1, -0.05) is 34.1 Å². The molecule has 0 saturated heterocycles. The summed E-state index contributed by atoms with van der Waals surface area (Å²) < 4.78 is 2.39. The molecular formula is C22H20BrN3S. The summed E-state index contributed by atoms with van der Waals surface area (Å²) in [6.45, 7) is 6.23. The van der Waals surface area contributed by atoms with Gasteiger partial charge in [-0.15, -0.1) is 11.3 Å². The summed E-state index contributed by atoms with van der Waals surface area (Å²) in [7, 11) is 0. The topological polar surface area (TPSA) is 37.8 Å². The summed E-state index contributed by atoms with van der Waals surface area (Å²) >= 11 is 5.32. The molecule has 1 N–H and O–H groups in total. The second-order valence-corrected chi connectivity index (χ2v) is 8.56. The molecule has 0 aliphatic heterocycles. The molecule has 0 fully saturated rings. The minimum absolute atomic E-state index is 0.145. The lowest BCUT2D eigenvalue weighted by Gasteiger charge is -2.16. The molecule has 5 heteroatoms. The molecule has 0 aliphatic carbocycles. The molecule has 2 heterocycles. The number of thiophene rings is 1. The lowest BCUT2D eigenvalue weighted by atomic mass is 10.1. The average molecular weight is 438 g/mol. The van der Waals surface area contributed by atoms with Crippen molar-refractivity contribution in [1.82, 2.24) is 9.97 Å². The number of rotatable bonds is 4. The third-order valence-electron chi connectivity index (χ3n) is 4.61. The van der Waals surface area contributed by atoms with Crippen LogP contribution in [-0.2, 0) is 0 Å². The summed E-state index contributed by atoms with van der Waals surface area (Å²) in [6.07, 6.45) is 0. The average Bonchev–Trinajstić information content (AvgIpc) is 3.02. The molecule has 27 heavy (non-hydrogen) atoms. The smallest absolute Gasteiger partial charge is 0.130 e. The molecule has 0 spiro atoms. The standard InChI is InChI=1S/C22H20BrN3S/c1-13-12-27-21-8-7-17(10-19(13)21)20-11-22(26-15(3)25-20)24-14(2)16-5-4-6-18(23)9-16/h4-12,14H,1-3H3,(H,24,25,26)/t14-/m0/s1. The van der Waals surface area contributed by atoms with Crippen molar-refractivity contribution in [2.45, 2.75) is 26.8 Å². The van der Waals surface area contributed by atoms with Crippen LogP contribution < -0.4 is 5.32 Å². The van der Waals surface area contributed by atoms with Crippen LogP contribution in [-0.4, -0.2) is 9.97 Å². The van der Waals surface area contributed by atoms with Crippen LogP contribution in [0.2, 0.25) is 0 Å². The summed E-state index contributed by atoms with van der Waals surface area (Å²) in [4.78, 5) is 9.25. The molecule has 0 unspecified atom stereocenters. The van der Waals surface area contributed by atoms with Gasteiger partial charge in [0.1, 0.15) is 11.6 Å². The maximum Gasteiger partial charge on any atom is 0.130 e. The van der Waals surface area contributed by atoms with Crippen LogP contribution >= 0.6 is 27.3 Å². The van der Waals surface area contributed by atoms with E-state index in [4.69, 9.17) is 0 Å². The Morgan fingerprint density at radius 2 is 1.89 bits per heavy atom. The van der Waals surface area contributed by atoms with Gasteiger partial charge in [-0.2, -0.15) is 0 Å². The Morgan fingerprint density at radius 1 is 1.04 bits per heavy atom. The minimum Gasteiger partial charge on any atom is -0.363 e. The van der Waals surface area contributed by atoms with E-state index in [-0.39, 0.29) is 6.04 Å². The predicted molar refractivity (Wildman–Crippen MR) is 119 cm³/mol. The van der Waals surface area contributed by atoms with Crippen LogP contribution in [0.15, 0.2) is 58.4 Å². The monoisotopic (exact) mass is 437 g/mol. The predicted octanol–water partition coefficient (Wildman–Crippen LogP) is 6.91. The number of nitrogens with zero attached hydrogens (tertiary/aromatic N) is 2. The molecule has 136 valence electrons. The number of anilines is 1. The van der Waals surface area contributed by atoms with E-state index in [9.17, 15) is 0 Å². The van der Waals surface area contributed by atoms with Crippen molar-refractivity contribution in [2.75, 3.05) is 5.32 Å². The molecule has 1 atom stereocenters. The zero-order valence-corrected chi connectivity index (χ0v) is 17.9. The van der Waals surface area contributed by atoms with Crippen LogP contribution in [0.1, 0.15) is 29.9 Å². The van der Waals surface area contributed by atoms with Gasteiger partial charge < -0.3 is 5.32 Å². The third kappa shape index (κ3) is 3.89. The van der Waals surface area contributed by atoms with Crippen LogP contribution in [0.4, 0.5) is 5.82 Å². The molecule has 0 saturated carbocycles. The first kappa shape index (κ1) is 18.1. The van der Waals surface area contributed by atoms with Gasteiger partial charge in [-0.05, 0) is 66.9 Å². The Morgan fingerprint density at radius 3 is 2.70 bits per heavy atom. The Labute approximate surface area is 171 Å². The van der Waals surface area contributed by atoms with Crippen molar-refractivity contribution in [2.24, 2.45) is 0 Å². The summed E-state index contributed by atoms with van der Waals surface area (Å²) in [5.41, 5.74) is 4.58. The van der Waals surface area contributed by atoms with Gasteiger partial charge in [0, 0.05) is 26.8 Å². The number of aryl methyl sites for hydroxylation is 2. The third-order valence-corrected chi connectivity index (χ3v) is 6.19. The van der Waals surface area contributed by atoms with Crippen molar-refractivity contribution in [3.8, 4) is 11.3 Å². The zero-order chi connectivity index (χ0) is 19.0. The Bertz CT molecular complexity index is 1120. The van der Waals surface area contributed by atoms with Crippen LogP contribution in [0.5, 0.6) is 0 Å². The van der Waals surface area contributed by atoms with Gasteiger partial charge in [0.25, 0.3) is 0 Å². The van der Waals surface area contributed by atoms with Crippen molar-refractivity contribution >= 4 is 43.2 Å². The van der Waals surface area contributed by atoms with Gasteiger partial charge in [-0.25, -0.2) is 9.97 Å². The Balaban J connectivity index is 1.67. The first-order valence-corrected chi connectivity index (χ1v) is 10.5. The second kappa shape index (κ2) is 7.41. The Hall–Kier alpha value is -2.24. The second-order valence-electron chi connectivity index (χ2n) is 6.74. The summed E-state index contributed by atoms with van der Waals surface area (Å²) in [5, 5.41) is 7.01. The quantitative estimate of drug-likeness (QED) is 0.376. The molecule has 2 aromatic carbocycles. The van der Waals surface area contributed by atoms with Gasteiger partial charge >= 0.3 is 0 Å². The van der Waals surface area contributed by atoms with Crippen molar-refractivity contribution < 1.29 is 0 Å². The van der Waals surface area contributed by atoms with Crippen LogP contribution in [0.3, 0.4) is 0 Å². The van der Waals surface area contributed by atoms with E-state index in [1.54, 1.807) is 11.3 Å². The number of hydrogen-bond donors (Lipinski definition) is 1. The lowest BCUT2D eigenvalue weighted by Crippen LogP contribution is -2.09. The first-order chi connectivity index (χ1) is 13.0. The molecule has 0 amide bonds. The molecule has 0 aliphatic rings. The maximum atomic E-state index is 4.66. The fourth-order valence-electron chi connectivity index (χ4n) is 3.19. The van der Waals surface area contributed by atoms with Gasteiger partial charge in [-0.3, -0.25) is 0 Å². The van der Waals surface area contributed by atoms with E-state index in [1.165, 1.54) is 21.2 Å².